The molecule has 15 heavy (non-hydrogen) atoms. The predicted molar refractivity (Wildman–Crippen MR) is 61.8 cm³/mol. The van der Waals surface area contributed by atoms with Gasteiger partial charge in [-0.05, 0) is 22.9 Å². The second-order valence-corrected chi connectivity index (χ2v) is 4.17. The summed E-state index contributed by atoms with van der Waals surface area (Å²) in [5, 5.41) is 13.1. The Bertz CT molecular complexity index is 468. The van der Waals surface area contributed by atoms with Crippen LogP contribution in [0, 0.1) is 0 Å². The van der Waals surface area contributed by atoms with Crippen molar-refractivity contribution in [2.45, 2.75) is 13.0 Å². The van der Waals surface area contributed by atoms with Crippen molar-refractivity contribution in [3.63, 3.8) is 0 Å². The summed E-state index contributed by atoms with van der Waals surface area (Å²) < 4.78 is 0.909. The van der Waals surface area contributed by atoms with E-state index in [1.807, 2.05) is 6.20 Å². The molecule has 0 aromatic carbocycles. The van der Waals surface area contributed by atoms with Crippen LogP contribution in [0.1, 0.15) is 6.92 Å². The summed E-state index contributed by atoms with van der Waals surface area (Å²) in [6, 6.07) is 0. The fourth-order valence-electron chi connectivity index (χ4n) is 1.30. The molecule has 0 aliphatic carbocycles. The first-order valence-corrected chi connectivity index (χ1v) is 5.37. The third-order valence-electron chi connectivity index (χ3n) is 1.99. The average molecular weight is 271 g/mol. The third kappa shape index (κ3) is 2.10. The highest BCUT2D eigenvalue weighted by molar-refractivity contribution is 9.10. The molecule has 2 heterocycles. The van der Waals surface area contributed by atoms with Crippen molar-refractivity contribution in [1.82, 2.24) is 15.0 Å². The summed E-state index contributed by atoms with van der Waals surface area (Å²) in [5.41, 5.74) is 0.768. The Labute approximate surface area is 95.1 Å². The Balaban J connectivity index is 2.37. The summed E-state index contributed by atoms with van der Waals surface area (Å²) >= 11 is 3.41. The summed E-state index contributed by atoms with van der Waals surface area (Å²) in [7, 11) is 0. The molecule has 0 saturated heterocycles. The lowest BCUT2D eigenvalue weighted by Gasteiger charge is -2.08. The first-order chi connectivity index (χ1) is 7.18. The van der Waals surface area contributed by atoms with E-state index >= 15 is 0 Å². The minimum atomic E-state index is -0.410. The lowest BCUT2D eigenvalue weighted by Crippen LogP contribution is -2.16. The molecule has 6 heteroatoms. The van der Waals surface area contributed by atoms with Crippen molar-refractivity contribution in [1.29, 1.82) is 0 Å². The lowest BCUT2D eigenvalue weighted by molar-refractivity contribution is 0.208. The predicted octanol–water partition coefficient (Wildman–Crippen LogP) is 1.51. The standard InChI is InChI=1S/C9H11BrN4O/c1-5(15)2-11-8-7-6(10)3-12-9(7)14-4-13-8/h3-5,15H,2H2,1H3,(H2,11,12,13,14)/t5-/m0/s1. The zero-order chi connectivity index (χ0) is 10.8. The van der Waals surface area contributed by atoms with Crippen molar-refractivity contribution in [3.8, 4) is 0 Å². The molecule has 2 rings (SSSR count). The molecular weight excluding hydrogens is 260 g/mol. The van der Waals surface area contributed by atoms with Gasteiger partial charge in [-0.1, -0.05) is 0 Å². The van der Waals surface area contributed by atoms with Crippen molar-refractivity contribution >= 4 is 32.8 Å². The monoisotopic (exact) mass is 270 g/mol. The minimum absolute atomic E-state index is 0.410. The maximum absolute atomic E-state index is 9.18. The summed E-state index contributed by atoms with van der Waals surface area (Å²) in [6.45, 7) is 2.18. The van der Waals surface area contributed by atoms with Gasteiger partial charge in [-0.25, -0.2) is 9.97 Å². The zero-order valence-corrected chi connectivity index (χ0v) is 9.74. The number of aliphatic hydroxyl groups excluding tert-OH is 1. The van der Waals surface area contributed by atoms with E-state index in [0.717, 1.165) is 15.5 Å². The number of hydrogen-bond donors (Lipinski definition) is 3. The van der Waals surface area contributed by atoms with E-state index in [1.54, 1.807) is 6.92 Å². The molecule has 0 aliphatic heterocycles. The maximum Gasteiger partial charge on any atom is 0.144 e. The highest BCUT2D eigenvalue weighted by atomic mass is 79.9. The van der Waals surface area contributed by atoms with Crippen LogP contribution in [0.3, 0.4) is 0 Å². The van der Waals surface area contributed by atoms with E-state index in [0.29, 0.717) is 12.4 Å². The van der Waals surface area contributed by atoms with E-state index in [1.165, 1.54) is 6.33 Å². The number of aromatic nitrogens is 3. The molecule has 1 atom stereocenters. The molecule has 0 fully saturated rings. The number of H-pyrrole nitrogens is 1. The number of halogens is 1. The van der Waals surface area contributed by atoms with Gasteiger partial charge in [0, 0.05) is 17.2 Å². The number of fused-ring (bicyclic) bond motifs is 1. The lowest BCUT2D eigenvalue weighted by atomic mass is 10.3. The molecule has 3 N–H and O–H groups in total. The minimum Gasteiger partial charge on any atom is -0.392 e. The van der Waals surface area contributed by atoms with Gasteiger partial charge in [-0.2, -0.15) is 0 Å². The zero-order valence-electron chi connectivity index (χ0n) is 8.16. The molecule has 0 radical (unpaired) electrons. The highest BCUT2D eigenvalue weighted by Crippen LogP contribution is 2.27. The molecular formula is C9H11BrN4O. The van der Waals surface area contributed by atoms with Crippen LogP contribution in [0.25, 0.3) is 11.0 Å². The molecule has 2 aromatic heterocycles. The van der Waals surface area contributed by atoms with Crippen molar-refractivity contribution in [2.24, 2.45) is 0 Å². The van der Waals surface area contributed by atoms with Gasteiger partial charge in [0.2, 0.25) is 0 Å². The van der Waals surface area contributed by atoms with Crippen LogP contribution in [0.5, 0.6) is 0 Å². The number of anilines is 1. The molecule has 5 nitrogen and oxygen atoms in total. The molecule has 80 valence electrons. The largest absolute Gasteiger partial charge is 0.392 e. The molecule has 2 aromatic rings. The Hall–Kier alpha value is -1.14. The number of nitrogens with one attached hydrogen (secondary N) is 2. The second-order valence-electron chi connectivity index (χ2n) is 3.31. The fraction of sp³-hybridized carbons (Fsp3) is 0.333. The van der Waals surface area contributed by atoms with E-state index in [4.69, 9.17) is 0 Å². The summed E-state index contributed by atoms with van der Waals surface area (Å²) in [5.74, 6) is 0.717. The number of hydrogen-bond acceptors (Lipinski definition) is 4. The first kappa shape index (κ1) is 10.4. The van der Waals surface area contributed by atoms with Gasteiger partial charge < -0.3 is 15.4 Å². The fourth-order valence-corrected chi connectivity index (χ4v) is 1.79. The van der Waals surface area contributed by atoms with Crippen molar-refractivity contribution in [2.75, 3.05) is 11.9 Å². The number of aliphatic hydroxyl groups is 1. The van der Waals surface area contributed by atoms with Crippen LogP contribution in [-0.2, 0) is 0 Å². The van der Waals surface area contributed by atoms with E-state index in [9.17, 15) is 5.11 Å². The normalized spacial score (nSPS) is 13.0. The van der Waals surface area contributed by atoms with E-state index in [-0.39, 0.29) is 0 Å². The van der Waals surface area contributed by atoms with Gasteiger partial charge in [-0.3, -0.25) is 0 Å². The first-order valence-electron chi connectivity index (χ1n) is 4.58. The molecule has 0 unspecified atom stereocenters. The summed E-state index contributed by atoms with van der Waals surface area (Å²) in [6.07, 6.45) is 2.88. The smallest absolute Gasteiger partial charge is 0.144 e. The van der Waals surface area contributed by atoms with Gasteiger partial charge in [0.05, 0.1) is 11.5 Å². The quantitative estimate of drug-likeness (QED) is 0.791. The SMILES string of the molecule is C[C@H](O)CNc1ncnc2[nH]cc(Br)c12. The number of aromatic amines is 1. The second kappa shape index (κ2) is 4.16. The average Bonchev–Trinajstić information content (AvgIpc) is 2.58. The van der Waals surface area contributed by atoms with Crippen LogP contribution in [0.15, 0.2) is 17.0 Å². The summed E-state index contributed by atoms with van der Waals surface area (Å²) in [4.78, 5) is 11.2. The Morgan fingerprint density at radius 3 is 3.13 bits per heavy atom. The molecule has 0 spiro atoms. The molecule has 0 amide bonds. The number of rotatable bonds is 3. The van der Waals surface area contributed by atoms with Crippen molar-refractivity contribution < 1.29 is 5.11 Å². The van der Waals surface area contributed by atoms with Gasteiger partial charge >= 0.3 is 0 Å². The Morgan fingerprint density at radius 1 is 1.60 bits per heavy atom. The van der Waals surface area contributed by atoms with Crippen LogP contribution >= 0.6 is 15.9 Å². The molecule has 0 aliphatic rings. The van der Waals surface area contributed by atoms with Gasteiger partial charge in [0.15, 0.2) is 0 Å². The maximum atomic E-state index is 9.18. The third-order valence-corrected chi connectivity index (χ3v) is 2.61. The van der Waals surface area contributed by atoms with Gasteiger partial charge in [-0.15, -0.1) is 0 Å². The van der Waals surface area contributed by atoms with Crippen LogP contribution in [0.2, 0.25) is 0 Å². The highest BCUT2D eigenvalue weighted by Gasteiger charge is 2.09. The van der Waals surface area contributed by atoms with Crippen molar-refractivity contribution in [3.05, 3.63) is 17.0 Å². The van der Waals surface area contributed by atoms with Crippen LogP contribution < -0.4 is 5.32 Å². The van der Waals surface area contributed by atoms with Gasteiger partial charge in [0.1, 0.15) is 17.8 Å². The molecule has 0 bridgehead atoms. The Kier molecular flexibility index (Phi) is 2.88. The van der Waals surface area contributed by atoms with Crippen LogP contribution in [-0.4, -0.2) is 32.7 Å². The Morgan fingerprint density at radius 2 is 2.40 bits per heavy atom. The van der Waals surface area contributed by atoms with Gasteiger partial charge in [0.25, 0.3) is 0 Å². The van der Waals surface area contributed by atoms with E-state index in [2.05, 4.69) is 36.2 Å². The van der Waals surface area contributed by atoms with E-state index < -0.39 is 6.10 Å². The molecule has 0 saturated carbocycles. The van der Waals surface area contributed by atoms with Crippen LogP contribution in [0.4, 0.5) is 5.82 Å². The topological polar surface area (TPSA) is 73.8 Å². The number of nitrogens with zero attached hydrogens (tertiary/aromatic N) is 2.